The Kier molecular flexibility index (Phi) is 8.05. The van der Waals surface area contributed by atoms with Gasteiger partial charge in [0.05, 0.1) is 26.1 Å². The first kappa shape index (κ1) is 23.5. The molecule has 3 N–H and O–H groups in total. The van der Waals surface area contributed by atoms with Crippen LogP contribution >= 0.6 is 0 Å². The minimum atomic E-state index is -0.604. The van der Waals surface area contributed by atoms with Crippen molar-refractivity contribution in [3.05, 3.63) is 29.8 Å². The number of carbonyl (C=O) groups is 2. The molecule has 0 radical (unpaired) electrons. The van der Waals surface area contributed by atoms with E-state index in [2.05, 4.69) is 4.84 Å². The second kappa shape index (κ2) is 10.3. The van der Waals surface area contributed by atoms with Gasteiger partial charge in [-0.25, -0.2) is 4.79 Å². The number of amides is 1. The Hall–Kier alpha value is -2.81. The number of esters is 1. The van der Waals surface area contributed by atoms with Crippen LogP contribution in [0.15, 0.2) is 24.3 Å². The number of hydrogen-bond acceptors (Lipinski definition) is 8. The van der Waals surface area contributed by atoms with Crippen LogP contribution in [0.1, 0.15) is 32.8 Å². The standard InChI is InChI=1S/C21H31N3O6/c1-21(2,3)29-20(26)24-12-15(17(13-24)19(25)27-4)10-14-6-5-7-16(11-14)28-9-8-18(22)30-23/h5-7,11,15,17,22H,8-10,12-13,23H2,1-4H3/t15-,17+/m1/s1. The molecule has 2 rings (SSSR count). The monoisotopic (exact) mass is 421 g/mol. The van der Waals surface area contributed by atoms with E-state index in [1.807, 2.05) is 45.0 Å². The number of likely N-dealkylation sites (tertiary alicyclic amines) is 1. The predicted octanol–water partition coefficient (Wildman–Crippen LogP) is 2.52. The first-order valence-electron chi connectivity index (χ1n) is 9.84. The molecule has 166 valence electrons. The van der Waals surface area contributed by atoms with Gasteiger partial charge < -0.3 is 23.9 Å². The first-order chi connectivity index (χ1) is 14.1. The van der Waals surface area contributed by atoms with Crippen LogP contribution in [0.3, 0.4) is 0 Å². The summed E-state index contributed by atoms with van der Waals surface area (Å²) in [5.41, 5.74) is 0.370. The van der Waals surface area contributed by atoms with E-state index in [9.17, 15) is 9.59 Å². The zero-order valence-electron chi connectivity index (χ0n) is 18.0. The SMILES string of the molecule is COC(=O)[C@H]1CN(C(=O)OC(C)(C)C)C[C@H]1Cc1cccc(OCCC(=N)ON)c1. The molecule has 1 heterocycles. The van der Waals surface area contributed by atoms with Gasteiger partial charge in [0.2, 0.25) is 5.90 Å². The normalized spacial score (nSPS) is 18.6. The third-order valence-corrected chi connectivity index (χ3v) is 4.73. The molecule has 0 aliphatic carbocycles. The molecule has 1 fully saturated rings. The maximum atomic E-state index is 12.5. The van der Waals surface area contributed by atoms with Crippen molar-refractivity contribution >= 4 is 18.0 Å². The van der Waals surface area contributed by atoms with Crippen molar-refractivity contribution in [2.75, 3.05) is 26.8 Å². The lowest BCUT2D eigenvalue weighted by molar-refractivity contribution is -0.146. The van der Waals surface area contributed by atoms with Crippen molar-refractivity contribution in [3.63, 3.8) is 0 Å². The first-order valence-corrected chi connectivity index (χ1v) is 9.84. The average molecular weight is 421 g/mol. The minimum absolute atomic E-state index is 0.0553. The minimum Gasteiger partial charge on any atom is -0.493 e. The molecule has 1 amide bonds. The average Bonchev–Trinajstić information content (AvgIpc) is 3.10. The van der Waals surface area contributed by atoms with E-state index in [1.165, 1.54) is 7.11 Å². The highest BCUT2D eigenvalue weighted by Crippen LogP contribution is 2.30. The second-order valence-corrected chi connectivity index (χ2v) is 8.27. The molecule has 9 nitrogen and oxygen atoms in total. The number of nitrogens with one attached hydrogen (secondary N) is 1. The largest absolute Gasteiger partial charge is 0.493 e. The Labute approximate surface area is 176 Å². The third-order valence-electron chi connectivity index (χ3n) is 4.73. The zero-order chi connectivity index (χ0) is 22.3. The zero-order valence-corrected chi connectivity index (χ0v) is 18.0. The van der Waals surface area contributed by atoms with Gasteiger partial charge in [-0.3, -0.25) is 10.2 Å². The van der Waals surface area contributed by atoms with Crippen LogP contribution in [0.25, 0.3) is 0 Å². The van der Waals surface area contributed by atoms with Crippen LogP contribution < -0.4 is 10.6 Å². The fourth-order valence-corrected chi connectivity index (χ4v) is 3.36. The van der Waals surface area contributed by atoms with Crippen molar-refractivity contribution in [2.45, 2.75) is 39.2 Å². The van der Waals surface area contributed by atoms with Gasteiger partial charge in [0.1, 0.15) is 11.4 Å². The summed E-state index contributed by atoms with van der Waals surface area (Å²) >= 11 is 0. The van der Waals surface area contributed by atoms with E-state index < -0.39 is 17.6 Å². The summed E-state index contributed by atoms with van der Waals surface area (Å²) in [5.74, 6) is 4.66. The lowest BCUT2D eigenvalue weighted by atomic mass is 9.89. The predicted molar refractivity (Wildman–Crippen MR) is 110 cm³/mol. The van der Waals surface area contributed by atoms with Gasteiger partial charge in [-0.2, -0.15) is 5.90 Å². The summed E-state index contributed by atoms with van der Waals surface area (Å²) in [6.07, 6.45) is 0.414. The Morgan fingerprint density at radius 2 is 2.00 bits per heavy atom. The van der Waals surface area contributed by atoms with Gasteiger partial charge in [-0.15, -0.1) is 0 Å². The number of hydrogen-bond donors (Lipinski definition) is 2. The number of nitrogens with two attached hydrogens (primary N) is 1. The molecule has 1 aliphatic heterocycles. The number of rotatable bonds is 7. The molecule has 30 heavy (non-hydrogen) atoms. The topological polar surface area (TPSA) is 124 Å². The van der Waals surface area contributed by atoms with E-state index >= 15 is 0 Å². The van der Waals surface area contributed by atoms with E-state index in [1.54, 1.807) is 4.90 Å². The molecule has 0 saturated carbocycles. The highest BCUT2D eigenvalue weighted by Gasteiger charge is 2.41. The van der Waals surface area contributed by atoms with E-state index in [-0.39, 0.29) is 37.4 Å². The molecule has 0 bridgehead atoms. The molecule has 0 unspecified atom stereocenters. The molecular weight excluding hydrogens is 390 g/mol. The van der Waals surface area contributed by atoms with Gasteiger partial charge in [0.15, 0.2) is 0 Å². The van der Waals surface area contributed by atoms with Gasteiger partial charge in [-0.1, -0.05) is 12.1 Å². The van der Waals surface area contributed by atoms with Crippen LogP contribution in [0.5, 0.6) is 5.75 Å². The molecule has 1 aromatic rings. The lowest BCUT2D eigenvalue weighted by Crippen LogP contribution is -2.36. The fourth-order valence-electron chi connectivity index (χ4n) is 3.36. The van der Waals surface area contributed by atoms with Crippen LogP contribution in [0, 0.1) is 17.2 Å². The smallest absolute Gasteiger partial charge is 0.410 e. The summed E-state index contributed by atoms with van der Waals surface area (Å²) in [5, 5.41) is 7.37. The van der Waals surface area contributed by atoms with Crippen molar-refractivity contribution in [3.8, 4) is 5.75 Å². The van der Waals surface area contributed by atoms with Crippen LogP contribution in [-0.2, 0) is 25.5 Å². The van der Waals surface area contributed by atoms with Gasteiger partial charge in [0.25, 0.3) is 0 Å². The molecule has 1 saturated heterocycles. The molecule has 0 spiro atoms. The van der Waals surface area contributed by atoms with Crippen LogP contribution in [-0.4, -0.2) is 55.3 Å². The molecular formula is C21H31N3O6. The van der Waals surface area contributed by atoms with E-state index in [4.69, 9.17) is 25.5 Å². The van der Waals surface area contributed by atoms with Gasteiger partial charge in [-0.05, 0) is 50.8 Å². The van der Waals surface area contributed by atoms with Crippen LogP contribution in [0.4, 0.5) is 4.79 Å². The number of benzene rings is 1. The van der Waals surface area contributed by atoms with Crippen LogP contribution in [0.2, 0.25) is 0 Å². The van der Waals surface area contributed by atoms with E-state index in [0.717, 1.165) is 5.56 Å². The summed E-state index contributed by atoms with van der Waals surface area (Å²) in [6.45, 7) is 6.36. The Morgan fingerprint density at radius 1 is 1.27 bits per heavy atom. The lowest BCUT2D eigenvalue weighted by Gasteiger charge is -2.24. The summed E-state index contributed by atoms with van der Waals surface area (Å²) in [7, 11) is 1.35. The van der Waals surface area contributed by atoms with Crippen molar-refractivity contribution in [1.82, 2.24) is 4.90 Å². The van der Waals surface area contributed by atoms with Gasteiger partial charge >= 0.3 is 12.1 Å². The molecule has 1 aromatic carbocycles. The summed E-state index contributed by atoms with van der Waals surface area (Å²) < 4.78 is 16.0. The number of nitrogens with zero attached hydrogens (tertiary/aromatic N) is 1. The second-order valence-electron chi connectivity index (χ2n) is 8.27. The Bertz CT molecular complexity index is 761. The Morgan fingerprint density at radius 3 is 2.63 bits per heavy atom. The summed E-state index contributed by atoms with van der Waals surface area (Å²) in [6, 6.07) is 7.51. The highest BCUT2D eigenvalue weighted by molar-refractivity contribution is 5.76. The van der Waals surface area contributed by atoms with Crippen molar-refractivity contribution in [1.29, 1.82) is 5.41 Å². The molecule has 0 aromatic heterocycles. The number of carbonyl (C=O) groups excluding carboxylic acids is 2. The molecule has 1 aliphatic rings. The molecule has 9 heteroatoms. The maximum absolute atomic E-state index is 12.5. The molecule has 2 atom stereocenters. The quantitative estimate of drug-likeness (QED) is 0.300. The van der Waals surface area contributed by atoms with Gasteiger partial charge in [0, 0.05) is 13.1 Å². The van der Waals surface area contributed by atoms with Crippen molar-refractivity contribution < 1.29 is 28.6 Å². The summed E-state index contributed by atoms with van der Waals surface area (Å²) in [4.78, 5) is 30.7. The maximum Gasteiger partial charge on any atom is 0.410 e. The fraction of sp³-hybridized carbons (Fsp3) is 0.571. The highest BCUT2D eigenvalue weighted by atomic mass is 16.6. The Balaban J connectivity index is 2.05. The van der Waals surface area contributed by atoms with E-state index in [0.29, 0.717) is 18.7 Å². The van der Waals surface area contributed by atoms with Crippen molar-refractivity contribution in [2.24, 2.45) is 17.7 Å². The number of ether oxygens (including phenoxy) is 3. The number of methoxy groups -OCH3 is 1. The third kappa shape index (κ3) is 6.91.